The molecule has 1 aromatic carbocycles. The molecule has 0 atom stereocenters. The molecule has 0 aliphatic rings. The number of hydrogen-bond acceptors (Lipinski definition) is 8. The number of carbonyl (C=O) groups is 1. The van der Waals surface area contributed by atoms with Crippen molar-refractivity contribution in [3.8, 4) is 10.6 Å². The number of thiophene rings is 1. The Labute approximate surface area is 159 Å². The Morgan fingerprint density at radius 1 is 1.07 bits per heavy atom. The summed E-state index contributed by atoms with van der Waals surface area (Å²) in [6.45, 7) is 0. The van der Waals surface area contributed by atoms with Crippen LogP contribution in [-0.4, -0.2) is 20.7 Å². The third-order valence-corrected chi connectivity index (χ3v) is 4.99. The van der Waals surface area contributed by atoms with Gasteiger partial charge in [0.1, 0.15) is 0 Å². The minimum absolute atomic E-state index is 0.00604. The molecule has 0 bridgehead atoms. The lowest BCUT2D eigenvalue weighted by atomic mass is 10.2. The molecule has 0 aliphatic heterocycles. The average molecular weight is 402 g/mol. The van der Waals surface area contributed by atoms with Crippen molar-refractivity contribution in [3.05, 3.63) is 73.0 Å². The number of nitro benzene ring substituents is 1. The first-order valence-corrected chi connectivity index (χ1v) is 9.10. The fourth-order valence-corrected chi connectivity index (χ4v) is 3.67. The minimum atomic E-state index is -0.510. The molecule has 0 spiro atoms. The van der Waals surface area contributed by atoms with Crippen LogP contribution in [0.4, 0.5) is 16.5 Å². The number of rotatable bonds is 6. The van der Waals surface area contributed by atoms with Crippen molar-refractivity contribution in [2.75, 3.05) is 5.32 Å². The molecule has 0 radical (unpaired) electrons. The van der Waals surface area contributed by atoms with Crippen molar-refractivity contribution in [1.29, 1.82) is 0 Å². The number of anilines is 1. The van der Waals surface area contributed by atoms with E-state index in [-0.39, 0.29) is 11.4 Å². The van der Waals surface area contributed by atoms with Gasteiger partial charge in [-0.2, -0.15) is 0 Å². The molecule has 0 fully saturated rings. The maximum absolute atomic E-state index is 12.0. The van der Waals surface area contributed by atoms with Gasteiger partial charge in [0.15, 0.2) is 5.13 Å². The Hall–Kier alpha value is -3.44. The van der Waals surface area contributed by atoms with Crippen molar-refractivity contribution in [2.45, 2.75) is 0 Å². The zero-order valence-corrected chi connectivity index (χ0v) is 15.0. The molecule has 1 amide bonds. The summed E-state index contributed by atoms with van der Waals surface area (Å²) in [4.78, 5) is 37.4. The smallest absolute Gasteiger partial charge is 0.280 e. The van der Waals surface area contributed by atoms with Crippen LogP contribution in [-0.2, 0) is 4.79 Å². The van der Waals surface area contributed by atoms with E-state index in [9.17, 15) is 25.0 Å². The number of amides is 1. The van der Waals surface area contributed by atoms with Crippen LogP contribution in [0.2, 0.25) is 0 Å². The molecule has 3 rings (SSSR count). The lowest BCUT2D eigenvalue weighted by Crippen LogP contribution is -2.07. The monoisotopic (exact) mass is 402 g/mol. The SMILES string of the molecule is O=C(C=Cc1cccc([N+](=O)[O-])c1)Nc1nc(-c2cc([N+](=O)[O-])cs2)cs1. The number of carbonyl (C=O) groups excluding carboxylic acids is 1. The van der Waals surface area contributed by atoms with Crippen LogP contribution in [0.15, 0.2) is 47.2 Å². The second-order valence-corrected chi connectivity index (χ2v) is 6.91. The Kier molecular flexibility index (Phi) is 5.33. The van der Waals surface area contributed by atoms with E-state index in [1.807, 2.05) is 0 Å². The number of nitrogens with one attached hydrogen (secondary N) is 1. The van der Waals surface area contributed by atoms with Crippen LogP contribution in [0.5, 0.6) is 0 Å². The molecule has 2 aromatic heterocycles. The summed E-state index contributed by atoms with van der Waals surface area (Å²) in [7, 11) is 0. The molecule has 0 saturated heterocycles. The number of hydrogen-bond donors (Lipinski definition) is 1. The Balaban J connectivity index is 1.66. The number of aromatic nitrogens is 1. The van der Waals surface area contributed by atoms with Gasteiger partial charge < -0.3 is 0 Å². The summed E-state index contributed by atoms with van der Waals surface area (Å²) in [6, 6.07) is 7.32. The Morgan fingerprint density at radius 2 is 1.85 bits per heavy atom. The van der Waals surface area contributed by atoms with Gasteiger partial charge >= 0.3 is 0 Å². The Bertz CT molecular complexity index is 1060. The van der Waals surface area contributed by atoms with Crippen LogP contribution >= 0.6 is 22.7 Å². The van der Waals surface area contributed by atoms with E-state index in [0.29, 0.717) is 21.3 Å². The van der Waals surface area contributed by atoms with Gasteiger partial charge in [-0.05, 0) is 11.6 Å². The highest BCUT2D eigenvalue weighted by Gasteiger charge is 2.13. The molecule has 0 saturated carbocycles. The van der Waals surface area contributed by atoms with Crippen LogP contribution in [0, 0.1) is 20.2 Å². The third kappa shape index (κ3) is 4.59. The zero-order chi connectivity index (χ0) is 19.4. The van der Waals surface area contributed by atoms with Gasteiger partial charge in [0.2, 0.25) is 5.91 Å². The molecule has 9 nitrogen and oxygen atoms in total. The van der Waals surface area contributed by atoms with Gasteiger partial charge in [-0.1, -0.05) is 12.1 Å². The highest BCUT2D eigenvalue weighted by Crippen LogP contribution is 2.32. The van der Waals surface area contributed by atoms with Crippen LogP contribution < -0.4 is 5.32 Å². The molecule has 136 valence electrons. The fourth-order valence-electron chi connectivity index (χ4n) is 2.06. The third-order valence-electron chi connectivity index (χ3n) is 3.29. The molecule has 27 heavy (non-hydrogen) atoms. The first-order valence-electron chi connectivity index (χ1n) is 7.35. The molecule has 0 unspecified atom stereocenters. The van der Waals surface area contributed by atoms with E-state index < -0.39 is 15.8 Å². The first-order chi connectivity index (χ1) is 12.9. The first kappa shape index (κ1) is 18.4. The van der Waals surface area contributed by atoms with Crippen molar-refractivity contribution in [2.24, 2.45) is 0 Å². The summed E-state index contributed by atoms with van der Waals surface area (Å²) in [5.74, 6) is -0.445. The highest BCUT2D eigenvalue weighted by atomic mass is 32.1. The molecular formula is C16H10N4O5S2. The number of thiazole rings is 1. The van der Waals surface area contributed by atoms with E-state index in [4.69, 9.17) is 0 Å². The summed E-state index contributed by atoms with van der Waals surface area (Å²) >= 11 is 2.38. The van der Waals surface area contributed by atoms with Crippen LogP contribution in [0.3, 0.4) is 0 Å². The number of non-ortho nitro benzene ring substituents is 1. The van der Waals surface area contributed by atoms with Crippen molar-refractivity contribution in [3.63, 3.8) is 0 Å². The fraction of sp³-hybridized carbons (Fsp3) is 0. The predicted octanol–water partition coefficient (Wildman–Crippen LogP) is 4.34. The summed E-state index contributed by atoms with van der Waals surface area (Å²) in [6.07, 6.45) is 2.70. The van der Waals surface area contributed by atoms with Gasteiger partial charge in [-0.3, -0.25) is 30.3 Å². The van der Waals surface area contributed by atoms with Crippen molar-refractivity contribution < 1.29 is 14.6 Å². The van der Waals surface area contributed by atoms with E-state index in [1.165, 1.54) is 64.5 Å². The van der Waals surface area contributed by atoms with Gasteiger partial charge in [-0.25, -0.2) is 4.98 Å². The standard InChI is InChI=1S/C16H10N4O5S2/c21-15(5-4-10-2-1-3-11(6-10)19(22)23)18-16-17-13(9-27-16)14-7-12(8-26-14)20(24)25/h1-9H,(H,17,18,21). The maximum Gasteiger partial charge on any atom is 0.280 e. The largest absolute Gasteiger partial charge is 0.298 e. The minimum Gasteiger partial charge on any atom is -0.298 e. The highest BCUT2D eigenvalue weighted by molar-refractivity contribution is 7.16. The second-order valence-electron chi connectivity index (χ2n) is 5.14. The van der Waals surface area contributed by atoms with Crippen LogP contribution in [0.25, 0.3) is 16.6 Å². The molecule has 0 aliphatic carbocycles. The molecule has 3 aromatic rings. The quantitative estimate of drug-likeness (QED) is 0.371. The van der Waals surface area contributed by atoms with Crippen molar-refractivity contribution >= 4 is 51.2 Å². The number of nitro groups is 2. The molecule has 1 N–H and O–H groups in total. The normalized spacial score (nSPS) is 10.8. The summed E-state index contributed by atoms with van der Waals surface area (Å²) in [5.41, 5.74) is 0.988. The number of benzene rings is 1. The predicted molar refractivity (Wildman–Crippen MR) is 103 cm³/mol. The molecular weight excluding hydrogens is 392 g/mol. The summed E-state index contributed by atoms with van der Waals surface area (Å²) < 4.78 is 0. The summed E-state index contributed by atoms with van der Waals surface area (Å²) in [5, 5.41) is 27.5. The second kappa shape index (κ2) is 7.85. The van der Waals surface area contributed by atoms with E-state index in [2.05, 4.69) is 10.3 Å². The lowest BCUT2D eigenvalue weighted by molar-refractivity contribution is -0.384. The topological polar surface area (TPSA) is 128 Å². The zero-order valence-electron chi connectivity index (χ0n) is 13.4. The maximum atomic E-state index is 12.0. The van der Waals surface area contributed by atoms with Gasteiger partial charge in [-0.15, -0.1) is 22.7 Å². The van der Waals surface area contributed by atoms with Gasteiger partial charge in [0, 0.05) is 29.7 Å². The van der Waals surface area contributed by atoms with E-state index >= 15 is 0 Å². The van der Waals surface area contributed by atoms with Gasteiger partial charge in [0.05, 0.1) is 25.8 Å². The van der Waals surface area contributed by atoms with E-state index in [0.717, 1.165) is 0 Å². The van der Waals surface area contributed by atoms with Crippen molar-refractivity contribution in [1.82, 2.24) is 4.98 Å². The van der Waals surface area contributed by atoms with Gasteiger partial charge in [0.25, 0.3) is 11.4 Å². The van der Waals surface area contributed by atoms with Crippen LogP contribution in [0.1, 0.15) is 5.56 Å². The number of nitrogens with zero attached hydrogens (tertiary/aromatic N) is 3. The average Bonchev–Trinajstić information content (AvgIpc) is 3.29. The Morgan fingerprint density at radius 3 is 2.56 bits per heavy atom. The molecule has 2 heterocycles. The van der Waals surface area contributed by atoms with E-state index in [1.54, 1.807) is 11.4 Å². The molecule has 11 heteroatoms. The lowest BCUT2D eigenvalue weighted by Gasteiger charge is -1.97.